The summed E-state index contributed by atoms with van der Waals surface area (Å²) in [6, 6.07) is 12.6. The van der Waals surface area contributed by atoms with Gasteiger partial charge in [0.05, 0.1) is 17.4 Å². The number of carbonyl (C=O) groups is 1. The quantitative estimate of drug-likeness (QED) is 0.627. The first-order valence-electron chi connectivity index (χ1n) is 6.89. The number of amides is 1. The normalized spacial score (nSPS) is 11.7. The van der Waals surface area contributed by atoms with E-state index in [-0.39, 0.29) is 24.6 Å². The van der Waals surface area contributed by atoms with Crippen LogP contribution in [0.15, 0.2) is 48.5 Å². The summed E-state index contributed by atoms with van der Waals surface area (Å²) in [6.07, 6.45) is -1.03. The molecule has 0 bridgehead atoms. The SMILES string of the molecule is O=C(CC(O)c1ccc(Cl)cc1)NCc1cccc([N+](=O)[O-])c1. The van der Waals surface area contributed by atoms with Gasteiger partial charge in [-0.1, -0.05) is 35.9 Å². The van der Waals surface area contributed by atoms with Crippen LogP contribution >= 0.6 is 11.6 Å². The zero-order valence-corrected chi connectivity index (χ0v) is 12.9. The Labute approximate surface area is 137 Å². The topological polar surface area (TPSA) is 92.5 Å². The van der Waals surface area contributed by atoms with Gasteiger partial charge in [-0.25, -0.2) is 0 Å². The van der Waals surface area contributed by atoms with Crippen molar-refractivity contribution in [3.05, 3.63) is 74.8 Å². The van der Waals surface area contributed by atoms with E-state index >= 15 is 0 Å². The highest BCUT2D eigenvalue weighted by atomic mass is 35.5. The summed E-state index contributed by atoms with van der Waals surface area (Å²) < 4.78 is 0. The average Bonchev–Trinajstić information content (AvgIpc) is 2.53. The van der Waals surface area contributed by atoms with Gasteiger partial charge >= 0.3 is 0 Å². The number of hydrogen-bond acceptors (Lipinski definition) is 4. The number of nitro groups is 1. The molecular weight excluding hydrogens is 320 g/mol. The Morgan fingerprint density at radius 2 is 1.96 bits per heavy atom. The summed E-state index contributed by atoms with van der Waals surface area (Å²) >= 11 is 5.77. The lowest BCUT2D eigenvalue weighted by atomic mass is 10.1. The molecule has 2 aromatic rings. The monoisotopic (exact) mass is 334 g/mol. The number of carbonyl (C=O) groups excluding carboxylic acids is 1. The molecule has 0 radical (unpaired) electrons. The summed E-state index contributed by atoms with van der Waals surface area (Å²) in [5.74, 6) is -0.348. The Morgan fingerprint density at radius 3 is 2.61 bits per heavy atom. The molecule has 6 nitrogen and oxygen atoms in total. The van der Waals surface area contributed by atoms with Crippen molar-refractivity contribution in [2.24, 2.45) is 0 Å². The van der Waals surface area contributed by atoms with Crippen molar-refractivity contribution in [2.75, 3.05) is 0 Å². The van der Waals surface area contributed by atoms with Crippen molar-refractivity contribution in [1.29, 1.82) is 0 Å². The van der Waals surface area contributed by atoms with Crippen molar-refractivity contribution < 1.29 is 14.8 Å². The molecule has 1 amide bonds. The number of aliphatic hydroxyl groups excluding tert-OH is 1. The van der Waals surface area contributed by atoms with E-state index in [1.807, 2.05) is 0 Å². The van der Waals surface area contributed by atoms with Crippen molar-refractivity contribution in [3.63, 3.8) is 0 Å². The molecule has 1 atom stereocenters. The van der Waals surface area contributed by atoms with Crippen molar-refractivity contribution in [2.45, 2.75) is 19.1 Å². The van der Waals surface area contributed by atoms with E-state index in [1.54, 1.807) is 36.4 Å². The fourth-order valence-corrected chi connectivity index (χ4v) is 2.16. The number of halogens is 1. The van der Waals surface area contributed by atoms with Gasteiger partial charge in [0.1, 0.15) is 0 Å². The second-order valence-electron chi connectivity index (χ2n) is 4.98. The molecule has 0 aromatic heterocycles. The minimum absolute atomic E-state index is 0.0297. The summed E-state index contributed by atoms with van der Waals surface area (Å²) in [5, 5.41) is 23.9. The number of nitrogens with one attached hydrogen (secondary N) is 1. The number of aliphatic hydroxyl groups is 1. The molecule has 0 aliphatic heterocycles. The van der Waals surface area contributed by atoms with E-state index in [9.17, 15) is 20.0 Å². The minimum Gasteiger partial charge on any atom is -0.388 e. The van der Waals surface area contributed by atoms with Crippen LogP contribution < -0.4 is 5.32 Å². The minimum atomic E-state index is -0.933. The third-order valence-corrected chi connectivity index (χ3v) is 3.50. The molecule has 1 unspecified atom stereocenters. The van der Waals surface area contributed by atoms with Crippen molar-refractivity contribution in [1.82, 2.24) is 5.32 Å². The maximum absolute atomic E-state index is 11.9. The predicted molar refractivity (Wildman–Crippen MR) is 86.0 cm³/mol. The van der Waals surface area contributed by atoms with E-state index < -0.39 is 11.0 Å². The van der Waals surface area contributed by atoms with Gasteiger partial charge in [-0.15, -0.1) is 0 Å². The van der Waals surface area contributed by atoms with E-state index in [4.69, 9.17) is 11.6 Å². The Hall–Kier alpha value is -2.44. The average molecular weight is 335 g/mol. The lowest BCUT2D eigenvalue weighted by Gasteiger charge is -2.11. The molecule has 0 heterocycles. The molecule has 0 fully saturated rings. The van der Waals surface area contributed by atoms with Crippen LogP contribution in [-0.2, 0) is 11.3 Å². The molecule has 0 saturated heterocycles. The van der Waals surface area contributed by atoms with Gasteiger partial charge in [0.15, 0.2) is 0 Å². The van der Waals surface area contributed by atoms with Crippen LogP contribution in [0.2, 0.25) is 5.02 Å². The van der Waals surface area contributed by atoms with Gasteiger partial charge < -0.3 is 10.4 Å². The first-order valence-corrected chi connectivity index (χ1v) is 7.27. The third kappa shape index (κ3) is 5.05. The van der Waals surface area contributed by atoms with Gasteiger partial charge in [-0.2, -0.15) is 0 Å². The van der Waals surface area contributed by atoms with Crippen molar-refractivity contribution >= 4 is 23.2 Å². The Morgan fingerprint density at radius 1 is 1.26 bits per heavy atom. The lowest BCUT2D eigenvalue weighted by Crippen LogP contribution is -2.24. The largest absolute Gasteiger partial charge is 0.388 e. The predicted octanol–water partition coefficient (Wildman–Crippen LogP) is 2.99. The van der Waals surface area contributed by atoms with Gasteiger partial charge in [0.2, 0.25) is 5.91 Å². The molecule has 2 rings (SSSR count). The highest BCUT2D eigenvalue weighted by Crippen LogP contribution is 2.19. The second-order valence-corrected chi connectivity index (χ2v) is 5.41. The molecule has 23 heavy (non-hydrogen) atoms. The van der Waals surface area contributed by atoms with E-state index in [1.165, 1.54) is 12.1 Å². The van der Waals surface area contributed by atoms with Crippen LogP contribution in [0.3, 0.4) is 0 Å². The molecule has 2 N–H and O–H groups in total. The fourth-order valence-electron chi connectivity index (χ4n) is 2.03. The molecular formula is C16H15ClN2O4. The number of rotatable bonds is 6. The van der Waals surface area contributed by atoms with Crippen LogP contribution in [-0.4, -0.2) is 15.9 Å². The molecule has 0 saturated carbocycles. The highest BCUT2D eigenvalue weighted by molar-refractivity contribution is 6.30. The molecule has 2 aromatic carbocycles. The standard InChI is InChI=1S/C16H15ClN2O4/c17-13-6-4-12(5-7-13)15(20)9-16(21)18-10-11-2-1-3-14(8-11)19(22)23/h1-8,15,20H,9-10H2,(H,18,21). The zero-order valence-electron chi connectivity index (χ0n) is 12.1. The first kappa shape index (κ1) is 16.9. The second kappa shape index (κ2) is 7.71. The van der Waals surface area contributed by atoms with Gasteiger partial charge in [0, 0.05) is 23.7 Å². The number of nitrogens with zero attached hydrogens (tertiary/aromatic N) is 1. The maximum Gasteiger partial charge on any atom is 0.269 e. The van der Waals surface area contributed by atoms with E-state index in [2.05, 4.69) is 5.32 Å². The van der Waals surface area contributed by atoms with Gasteiger partial charge in [-0.05, 0) is 23.3 Å². The maximum atomic E-state index is 11.9. The van der Waals surface area contributed by atoms with Crippen molar-refractivity contribution in [3.8, 4) is 0 Å². The van der Waals surface area contributed by atoms with Crippen LogP contribution in [0, 0.1) is 10.1 Å². The van der Waals surface area contributed by atoms with Crippen LogP contribution in [0.5, 0.6) is 0 Å². The van der Waals surface area contributed by atoms with E-state index in [0.717, 1.165) is 0 Å². The van der Waals surface area contributed by atoms with Crippen LogP contribution in [0.25, 0.3) is 0 Å². The number of nitro benzene ring substituents is 1. The first-order chi connectivity index (χ1) is 11.0. The van der Waals surface area contributed by atoms with Gasteiger partial charge in [0.25, 0.3) is 5.69 Å². The molecule has 0 aliphatic carbocycles. The smallest absolute Gasteiger partial charge is 0.269 e. The fraction of sp³-hybridized carbons (Fsp3) is 0.188. The summed E-state index contributed by atoms with van der Waals surface area (Å²) in [4.78, 5) is 22.1. The Bertz CT molecular complexity index is 703. The van der Waals surface area contributed by atoms with E-state index in [0.29, 0.717) is 16.1 Å². The third-order valence-electron chi connectivity index (χ3n) is 3.24. The Kier molecular flexibility index (Phi) is 5.67. The molecule has 0 spiro atoms. The number of benzene rings is 2. The molecule has 120 valence electrons. The highest BCUT2D eigenvalue weighted by Gasteiger charge is 2.13. The molecule has 0 aliphatic rings. The number of hydrogen-bond donors (Lipinski definition) is 2. The number of non-ortho nitro benzene ring substituents is 1. The summed E-state index contributed by atoms with van der Waals surface area (Å²) in [6.45, 7) is 0.161. The zero-order chi connectivity index (χ0) is 16.8. The van der Waals surface area contributed by atoms with Crippen LogP contribution in [0.4, 0.5) is 5.69 Å². The summed E-state index contributed by atoms with van der Waals surface area (Å²) in [5.41, 5.74) is 1.19. The van der Waals surface area contributed by atoms with Crippen LogP contribution in [0.1, 0.15) is 23.7 Å². The lowest BCUT2D eigenvalue weighted by molar-refractivity contribution is -0.384. The summed E-state index contributed by atoms with van der Waals surface area (Å²) in [7, 11) is 0. The van der Waals surface area contributed by atoms with Gasteiger partial charge in [-0.3, -0.25) is 14.9 Å². The molecule has 7 heteroatoms. The Balaban J connectivity index is 1.88.